The van der Waals surface area contributed by atoms with Gasteiger partial charge in [0.15, 0.2) is 0 Å². The minimum Gasteiger partial charge on any atom is -0.310 e. The van der Waals surface area contributed by atoms with E-state index in [0.717, 1.165) is 23.8 Å². The lowest BCUT2D eigenvalue weighted by molar-refractivity contribution is 0.551. The summed E-state index contributed by atoms with van der Waals surface area (Å²) in [5.41, 5.74) is 4.93. The molecule has 0 atom stereocenters. The van der Waals surface area contributed by atoms with Gasteiger partial charge in [0.2, 0.25) is 0 Å². The summed E-state index contributed by atoms with van der Waals surface area (Å²) in [5.74, 6) is 0.679. The first kappa shape index (κ1) is 14.2. The van der Waals surface area contributed by atoms with Gasteiger partial charge in [-0.2, -0.15) is 0 Å². The Kier molecular flexibility index (Phi) is 4.72. The van der Waals surface area contributed by atoms with Gasteiger partial charge >= 0.3 is 0 Å². The van der Waals surface area contributed by atoms with Crippen molar-refractivity contribution in [3.8, 4) is 11.3 Å². The molecule has 0 spiro atoms. The molecular formula is C16H22N2S. The Morgan fingerprint density at radius 3 is 2.79 bits per heavy atom. The molecule has 0 aliphatic carbocycles. The van der Waals surface area contributed by atoms with Gasteiger partial charge in [-0.25, -0.2) is 4.98 Å². The quantitative estimate of drug-likeness (QED) is 0.885. The maximum atomic E-state index is 4.74. The van der Waals surface area contributed by atoms with Crippen LogP contribution in [0.5, 0.6) is 0 Å². The maximum Gasteiger partial charge on any atom is 0.107 e. The second-order valence-electron chi connectivity index (χ2n) is 5.47. The molecule has 2 aromatic rings. The van der Waals surface area contributed by atoms with Gasteiger partial charge in [0.25, 0.3) is 0 Å². The SMILES string of the molecule is Cc1ccc(C)c(-c2csc(CNCC(C)C)n2)c1. The molecule has 1 heterocycles. The number of thiazole rings is 1. The zero-order valence-corrected chi connectivity index (χ0v) is 13.0. The first-order chi connectivity index (χ1) is 9.06. The van der Waals surface area contributed by atoms with E-state index in [2.05, 4.69) is 56.6 Å². The van der Waals surface area contributed by atoms with Gasteiger partial charge in [-0.15, -0.1) is 11.3 Å². The number of aryl methyl sites for hydroxylation is 2. The largest absolute Gasteiger partial charge is 0.310 e. The number of hydrogen-bond acceptors (Lipinski definition) is 3. The van der Waals surface area contributed by atoms with Crippen molar-refractivity contribution < 1.29 is 0 Å². The smallest absolute Gasteiger partial charge is 0.107 e. The molecule has 1 N–H and O–H groups in total. The van der Waals surface area contributed by atoms with Gasteiger partial charge in [-0.05, 0) is 37.9 Å². The third kappa shape index (κ3) is 3.88. The van der Waals surface area contributed by atoms with Crippen LogP contribution >= 0.6 is 11.3 Å². The molecule has 0 radical (unpaired) electrons. The molecule has 2 nitrogen and oxygen atoms in total. The highest BCUT2D eigenvalue weighted by atomic mass is 32.1. The normalized spacial score (nSPS) is 11.2. The van der Waals surface area contributed by atoms with Crippen molar-refractivity contribution >= 4 is 11.3 Å². The van der Waals surface area contributed by atoms with E-state index in [0.29, 0.717) is 5.92 Å². The van der Waals surface area contributed by atoms with Gasteiger partial charge in [0.05, 0.1) is 5.69 Å². The first-order valence-electron chi connectivity index (χ1n) is 6.79. The number of hydrogen-bond donors (Lipinski definition) is 1. The molecule has 0 saturated heterocycles. The molecule has 1 aromatic carbocycles. The highest BCUT2D eigenvalue weighted by Crippen LogP contribution is 2.26. The molecule has 102 valence electrons. The van der Waals surface area contributed by atoms with Gasteiger partial charge in [-0.3, -0.25) is 0 Å². The van der Waals surface area contributed by atoms with Crippen LogP contribution in [-0.2, 0) is 6.54 Å². The molecule has 0 aliphatic heterocycles. The molecule has 0 amide bonds. The summed E-state index contributed by atoms with van der Waals surface area (Å²) in [6.07, 6.45) is 0. The lowest BCUT2D eigenvalue weighted by Crippen LogP contribution is -2.18. The van der Waals surface area contributed by atoms with E-state index in [9.17, 15) is 0 Å². The van der Waals surface area contributed by atoms with Crippen molar-refractivity contribution in [2.24, 2.45) is 5.92 Å². The van der Waals surface area contributed by atoms with Crippen LogP contribution in [0.4, 0.5) is 0 Å². The summed E-state index contributed by atoms with van der Waals surface area (Å²) in [7, 11) is 0. The molecule has 2 rings (SSSR count). The van der Waals surface area contributed by atoms with Crippen molar-refractivity contribution in [1.29, 1.82) is 0 Å². The minimum absolute atomic E-state index is 0.679. The average molecular weight is 274 g/mol. The van der Waals surface area contributed by atoms with Crippen LogP contribution < -0.4 is 5.32 Å². The first-order valence-corrected chi connectivity index (χ1v) is 7.67. The van der Waals surface area contributed by atoms with Gasteiger partial charge < -0.3 is 5.32 Å². The Balaban J connectivity index is 2.10. The van der Waals surface area contributed by atoms with Gasteiger partial charge in [-0.1, -0.05) is 31.5 Å². The summed E-state index contributed by atoms with van der Waals surface area (Å²) >= 11 is 1.74. The van der Waals surface area contributed by atoms with Crippen LogP contribution in [0.1, 0.15) is 30.0 Å². The van der Waals surface area contributed by atoms with Crippen molar-refractivity contribution in [2.45, 2.75) is 34.2 Å². The van der Waals surface area contributed by atoms with Gasteiger partial charge in [0, 0.05) is 17.5 Å². The Morgan fingerprint density at radius 1 is 1.26 bits per heavy atom. The fourth-order valence-corrected chi connectivity index (χ4v) is 2.76. The third-order valence-electron chi connectivity index (χ3n) is 3.05. The van der Waals surface area contributed by atoms with Crippen LogP contribution in [0.15, 0.2) is 23.6 Å². The van der Waals surface area contributed by atoms with Crippen LogP contribution in [-0.4, -0.2) is 11.5 Å². The molecule has 0 fully saturated rings. The molecule has 3 heteroatoms. The maximum absolute atomic E-state index is 4.74. The second-order valence-corrected chi connectivity index (χ2v) is 6.41. The van der Waals surface area contributed by atoms with E-state index in [1.165, 1.54) is 16.7 Å². The Hall–Kier alpha value is -1.19. The standard InChI is InChI=1S/C16H22N2S/c1-11(2)8-17-9-16-18-15(10-19-16)14-7-12(3)5-6-13(14)4/h5-7,10-11,17H,8-9H2,1-4H3. The molecule has 19 heavy (non-hydrogen) atoms. The highest BCUT2D eigenvalue weighted by Gasteiger charge is 2.07. The number of nitrogens with one attached hydrogen (secondary N) is 1. The summed E-state index contributed by atoms with van der Waals surface area (Å²) in [4.78, 5) is 4.74. The molecule has 0 aliphatic rings. The fourth-order valence-electron chi connectivity index (χ4n) is 2.00. The van der Waals surface area contributed by atoms with Crippen LogP contribution in [0.25, 0.3) is 11.3 Å². The Bertz CT molecular complexity index is 543. The topological polar surface area (TPSA) is 24.9 Å². The number of nitrogens with zero attached hydrogens (tertiary/aromatic N) is 1. The third-order valence-corrected chi connectivity index (χ3v) is 3.90. The van der Waals surface area contributed by atoms with Crippen molar-refractivity contribution in [3.63, 3.8) is 0 Å². The summed E-state index contributed by atoms with van der Waals surface area (Å²) < 4.78 is 0. The van der Waals surface area contributed by atoms with Crippen LogP contribution in [0, 0.1) is 19.8 Å². The van der Waals surface area contributed by atoms with E-state index >= 15 is 0 Å². The van der Waals surface area contributed by atoms with E-state index in [4.69, 9.17) is 4.98 Å². The molecular weight excluding hydrogens is 252 g/mol. The van der Waals surface area contributed by atoms with Crippen molar-refractivity contribution in [1.82, 2.24) is 10.3 Å². The minimum atomic E-state index is 0.679. The number of rotatable bonds is 5. The van der Waals surface area contributed by atoms with Crippen LogP contribution in [0.3, 0.4) is 0 Å². The lowest BCUT2D eigenvalue weighted by Gasteiger charge is -2.05. The molecule has 0 unspecified atom stereocenters. The zero-order chi connectivity index (χ0) is 13.8. The van der Waals surface area contributed by atoms with Gasteiger partial charge in [0.1, 0.15) is 5.01 Å². The van der Waals surface area contributed by atoms with E-state index < -0.39 is 0 Å². The molecule has 0 saturated carbocycles. The predicted octanol–water partition coefficient (Wildman–Crippen LogP) is 4.17. The highest BCUT2D eigenvalue weighted by molar-refractivity contribution is 7.09. The van der Waals surface area contributed by atoms with Crippen LogP contribution in [0.2, 0.25) is 0 Å². The summed E-state index contributed by atoms with van der Waals surface area (Å²) in [6.45, 7) is 10.6. The number of benzene rings is 1. The molecule has 1 aromatic heterocycles. The summed E-state index contributed by atoms with van der Waals surface area (Å²) in [5, 5.41) is 6.76. The zero-order valence-electron chi connectivity index (χ0n) is 12.2. The van der Waals surface area contributed by atoms with E-state index in [1.54, 1.807) is 11.3 Å². The van der Waals surface area contributed by atoms with Crippen molar-refractivity contribution in [3.05, 3.63) is 39.7 Å². The lowest BCUT2D eigenvalue weighted by atomic mass is 10.0. The monoisotopic (exact) mass is 274 g/mol. The fraction of sp³-hybridized carbons (Fsp3) is 0.438. The Morgan fingerprint density at radius 2 is 2.05 bits per heavy atom. The molecule has 0 bridgehead atoms. The predicted molar refractivity (Wildman–Crippen MR) is 83.6 cm³/mol. The summed E-state index contributed by atoms with van der Waals surface area (Å²) in [6, 6.07) is 6.53. The average Bonchev–Trinajstić information content (AvgIpc) is 2.80. The van der Waals surface area contributed by atoms with Crippen molar-refractivity contribution in [2.75, 3.05) is 6.54 Å². The van der Waals surface area contributed by atoms with E-state index in [1.807, 2.05) is 0 Å². The Labute approximate surface area is 119 Å². The second kappa shape index (κ2) is 6.31. The van der Waals surface area contributed by atoms with E-state index in [-0.39, 0.29) is 0 Å². The number of aromatic nitrogens is 1.